The second-order valence-corrected chi connectivity index (χ2v) is 2.95. The van der Waals surface area contributed by atoms with Crippen LogP contribution in [0.2, 0.25) is 0 Å². The van der Waals surface area contributed by atoms with Crippen molar-refractivity contribution in [1.82, 2.24) is 4.90 Å². The number of esters is 1. The smallest absolute Gasteiger partial charge is 0.333 e. The third-order valence-electron chi connectivity index (χ3n) is 1.36. The Morgan fingerprint density at radius 2 is 2.21 bits per heavy atom. The highest BCUT2D eigenvalue weighted by Crippen LogP contribution is 1.95. The first-order chi connectivity index (χ1) is 6.61. The molecule has 5 heteroatoms. The maximum atomic E-state index is 11.3. The number of rotatable bonds is 6. The van der Waals surface area contributed by atoms with Gasteiger partial charge < -0.3 is 14.4 Å². The van der Waals surface area contributed by atoms with E-state index in [1.165, 1.54) is 7.11 Å². The number of hydrogen-bond donors (Lipinski definition) is 0. The first-order valence-electron chi connectivity index (χ1n) is 4.47. The average molecular weight is 202 g/mol. The number of hydrogen-bond acceptors (Lipinski definition) is 4. The number of carbonyl (C=O) groups excluding carboxylic acids is 1. The molecule has 0 aliphatic carbocycles. The van der Waals surface area contributed by atoms with Gasteiger partial charge in [-0.1, -0.05) is 0 Å². The molecule has 0 aromatic rings. The van der Waals surface area contributed by atoms with E-state index in [4.69, 9.17) is 9.47 Å². The van der Waals surface area contributed by atoms with Gasteiger partial charge in [-0.15, -0.1) is 0 Å². The van der Waals surface area contributed by atoms with Gasteiger partial charge in [-0.05, 0) is 6.92 Å². The molecular weight excluding hydrogens is 184 g/mol. The summed E-state index contributed by atoms with van der Waals surface area (Å²) >= 11 is 0. The normalized spacial score (nSPS) is 12.9. The van der Waals surface area contributed by atoms with Crippen LogP contribution in [0.3, 0.4) is 0 Å². The molecule has 0 aliphatic heterocycles. The summed E-state index contributed by atoms with van der Waals surface area (Å²) in [6.07, 6.45) is 1.57. The van der Waals surface area contributed by atoms with Crippen molar-refractivity contribution < 1.29 is 14.3 Å². The molecule has 0 bridgehead atoms. The van der Waals surface area contributed by atoms with Gasteiger partial charge in [0.1, 0.15) is 0 Å². The maximum absolute atomic E-state index is 11.3. The highest BCUT2D eigenvalue weighted by Gasteiger charge is 2.17. The number of ether oxygens (including phenoxy) is 2. The monoisotopic (exact) mass is 202 g/mol. The predicted octanol–water partition coefficient (Wildman–Crippen LogP) is 0.154. The van der Waals surface area contributed by atoms with Crippen molar-refractivity contribution in [1.29, 1.82) is 0 Å². The van der Waals surface area contributed by atoms with Crippen LogP contribution in [0.25, 0.3) is 0 Å². The number of methoxy groups -OCH3 is 1. The number of nitrogens with zero attached hydrogens (tertiary/aromatic N) is 2. The molecule has 0 saturated heterocycles. The summed E-state index contributed by atoms with van der Waals surface area (Å²) in [5.41, 5.74) is 0. The van der Waals surface area contributed by atoms with Crippen molar-refractivity contribution in [2.75, 3.05) is 34.4 Å². The van der Waals surface area contributed by atoms with Crippen molar-refractivity contribution in [3.8, 4) is 0 Å². The quantitative estimate of drug-likeness (QED) is 0.349. The molecule has 0 aliphatic rings. The Balaban J connectivity index is 4.20. The standard InChI is InChI=1S/C9H18N2O3/c1-5-14-9(12)8(6-13-4)10-7-11(2)3/h7-8H,5-6H2,1-4H3. The number of aliphatic imine (C=N–C) groups is 1. The molecule has 0 saturated carbocycles. The number of carbonyl (C=O) groups is 1. The van der Waals surface area contributed by atoms with E-state index in [9.17, 15) is 4.79 Å². The predicted molar refractivity (Wildman–Crippen MR) is 54.5 cm³/mol. The van der Waals surface area contributed by atoms with E-state index in [1.54, 1.807) is 18.2 Å². The average Bonchev–Trinajstić information content (AvgIpc) is 2.12. The van der Waals surface area contributed by atoms with Crippen molar-refractivity contribution in [2.45, 2.75) is 13.0 Å². The van der Waals surface area contributed by atoms with Crippen LogP contribution in [0.5, 0.6) is 0 Å². The van der Waals surface area contributed by atoms with Crippen LogP contribution < -0.4 is 0 Å². The van der Waals surface area contributed by atoms with Crippen molar-refractivity contribution in [3.63, 3.8) is 0 Å². The molecule has 1 atom stereocenters. The fourth-order valence-corrected chi connectivity index (χ4v) is 0.782. The fraction of sp³-hybridized carbons (Fsp3) is 0.778. The minimum atomic E-state index is -0.567. The second-order valence-electron chi connectivity index (χ2n) is 2.95. The largest absolute Gasteiger partial charge is 0.464 e. The minimum Gasteiger partial charge on any atom is -0.464 e. The molecular formula is C9H18N2O3. The lowest BCUT2D eigenvalue weighted by atomic mass is 10.3. The molecule has 0 amide bonds. The van der Waals surface area contributed by atoms with Gasteiger partial charge in [0.2, 0.25) is 0 Å². The van der Waals surface area contributed by atoms with Gasteiger partial charge >= 0.3 is 5.97 Å². The SMILES string of the molecule is CCOC(=O)C(COC)N=CN(C)C. The van der Waals surface area contributed by atoms with Crippen LogP contribution in [-0.4, -0.2) is 57.7 Å². The molecule has 0 rings (SSSR count). The van der Waals surface area contributed by atoms with E-state index in [0.29, 0.717) is 6.61 Å². The van der Waals surface area contributed by atoms with Gasteiger partial charge in [0.15, 0.2) is 6.04 Å². The van der Waals surface area contributed by atoms with Crippen LogP contribution in [0.1, 0.15) is 6.92 Å². The molecule has 0 radical (unpaired) electrons. The summed E-state index contributed by atoms with van der Waals surface area (Å²) in [4.78, 5) is 17.1. The Bertz CT molecular complexity index is 192. The van der Waals surface area contributed by atoms with Gasteiger partial charge in [-0.2, -0.15) is 0 Å². The Hall–Kier alpha value is -1.10. The summed E-state index contributed by atoms with van der Waals surface area (Å²) in [6.45, 7) is 2.36. The third kappa shape index (κ3) is 5.53. The summed E-state index contributed by atoms with van der Waals surface area (Å²) in [5.74, 6) is -0.354. The lowest BCUT2D eigenvalue weighted by Crippen LogP contribution is -2.27. The van der Waals surface area contributed by atoms with Gasteiger partial charge in [0, 0.05) is 21.2 Å². The first-order valence-corrected chi connectivity index (χ1v) is 4.47. The highest BCUT2D eigenvalue weighted by atomic mass is 16.5. The van der Waals surface area contributed by atoms with E-state index in [-0.39, 0.29) is 12.6 Å². The van der Waals surface area contributed by atoms with Crippen LogP contribution in [0.15, 0.2) is 4.99 Å². The maximum Gasteiger partial charge on any atom is 0.333 e. The van der Waals surface area contributed by atoms with E-state index in [2.05, 4.69) is 4.99 Å². The third-order valence-corrected chi connectivity index (χ3v) is 1.36. The molecule has 0 aromatic heterocycles. The van der Waals surface area contributed by atoms with E-state index in [1.807, 2.05) is 14.1 Å². The first kappa shape index (κ1) is 12.9. The lowest BCUT2D eigenvalue weighted by molar-refractivity contribution is -0.145. The summed E-state index contributed by atoms with van der Waals surface area (Å²) < 4.78 is 9.71. The van der Waals surface area contributed by atoms with Crippen LogP contribution in [-0.2, 0) is 14.3 Å². The van der Waals surface area contributed by atoms with Crippen molar-refractivity contribution in [2.24, 2.45) is 4.99 Å². The van der Waals surface area contributed by atoms with Gasteiger partial charge in [0.05, 0.1) is 19.6 Å². The summed E-state index contributed by atoms with van der Waals surface area (Å²) in [7, 11) is 5.19. The van der Waals surface area contributed by atoms with Crippen LogP contribution in [0.4, 0.5) is 0 Å². The van der Waals surface area contributed by atoms with E-state index < -0.39 is 6.04 Å². The van der Waals surface area contributed by atoms with E-state index in [0.717, 1.165) is 0 Å². The van der Waals surface area contributed by atoms with Crippen molar-refractivity contribution >= 4 is 12.3 Å². The zero-order valence-corrected chi connectivity index (χ0v) is 9.19. The molecule has 0 aromatic carbocycles. The van der Waals surface area contributed by atoms with Gasteiger partial charge in [0.25, 0.3) is 0 Å². The van der Waals surface area contributed by atoms with Gasteiger partial charge in [-0.3, -0.25) is 4.99 Å². The lowest BCUT2D eigenvalue weighted by Gasteiger charge is -2.11. The van der Waals surface area contributed by atoms with E-state index >= 15 is 0 Å². The Morgan fingerprint density at radius 1 is 1.57 bits per heavy atom. The second kappa shape index (κ2) is 7.32. The minimum absolute atomic E-state index is 0.239. The Kier molecular flexibility index (Phi) is 6.74. The molecule has 82 valence electrons. The Morgan fingerprint density at radius 3 is 2.64 bits per heavy atom. The molecule has 0 N–H and O–H groups in total. The molecule has 0 heterocycles. The molecule has 0 spiro atoms. The zero-order chi connectivity index (χ0) is 11.0. The Labute approximate surface area is 84.7 Å². The molecule has 5 nitrogen and oxygen atoms in total. The molecule has 14 heavy (non-hydrogen) atoms. The zero-order valence-electron chi connectivity index (χ0n) is 9.19. The summed E-state index contributed by atoms with van der Waals surface area (Å²) in [6, 6.07) is -0.567. The fourth-order valence-electron chi connectivity index (χ4n) is 0.782. The topological polar surface area (TPSA) is 51.1 Å². The molecule has 1 unspecified atom stereocenters. The highest BCUT2D eigenvalue weighted by molar-refractivity contribution is 5.77. The van der Waals surface area contributed by atoms with Crippen molar-refractivity contribution in [3.05, 3.63) is 0 Å². The molecule has 0 fully saturated rings. The van der Waals surface area contributed by atoms with Crippen LogP contribution >= 0.6 is 0 Å². The summed E-state index contributed by atoms with van der Waals surface area (Å²) in [5, 5.41) is 0. The van der Waals surface area contributed by atoms with Crippen LogP contribution in [0, 0.1) is 0 Å². The van der Waals surface area contributed by atoms with Gasteiger partial charge in [-0.25, -0.2) is 4.79 Å².